The van der Waals surface area contributed by atoms with E-state index in [2.05, 4.69) is 16.4 Å². The van der Waals surface area contributed by atoms with E-state index in [4.69, 9.17) is 9.47 Å². The fraction of sp³-hybridized carbons (Fsp3) is 0.222. The Morgan fingerprint density at radius 1 is 1.17 bits per heavy atom. The molecule has 0 aliphatic carbocycles. The molecule has 0 radical (unpaired) electrons. The first-order valence-corrected chi connectivity index (χ1v) is 8.28. The number of nitrogens with zero attached hydrogens (tertiary/aromatic N) is 1. The smallest absolute Gasteiger partial charge is 0.230 e. The van der Waals surface area contributed by atoms with Crippen LogP contribution in [0.1, 0.15) is 11.1 Å². The number of carbonyl (C=O) groups is 1. The van der Waals surface area contributed by atoms with Crippen LogP contribution in [-0.4, -0.2) is 25.1 Å². The predicted octanol–water partition coefficient (Wildman–Crippen LogP) is 3.80. The average molecular weight is 342 g/mol. The number of rotatable bonds is 5. The van der Waals surface area contributed by atoms with Crippen LogP contribution in [0.3, 0.4) is 0 Å². The number of hydrogen-bond donors (Lipinski definition) is 1. The third kappa shape index (κ3) is 3.49. The Kier molecular flexibility index (Phi) is 4.66. The molecule has 0 aliphatic rings. The number of nitrogens with one attached hydrogen (secondary N) is 1. The SMILES string of the molecule is COc1ccc(OC)c(CC(=O)Nc2nc3ccc(C)cc3s2)c1. The molecule has 0 unspecified atom stereocenters. The Morgan fingerprint density at radius 2 is 2.00 bits per heavy atom. The lowest BCUT2D eigenvalue weighted by Gasteiger charge is -2.10. The zero-order valence-electron chi connectivity index (χ0n) is 13.8. The zero-order valence-corrected chi connectivity index (χ0v) is 14.6. The highest BCUT2D eigenvalue weighted by Crippen LogP contribution is 2.28. The summed E-state index contributed by atoms with van der Waals surface area (Å²) in [6, 6.07) is 11.4. The second kappa shape index (κ2) is 6.88. The number of ether oxygens (including phenoxy) is 2. The molecule has 6 heteroatoms. The highest BCUT2D eigenvalue weighted by molar-refractivity contribution is 7.22. The summed E-state index contributed by atoms with van der Waals surface area (Å²) < 4.78 is 11.6. The van der Waals surface area contributed by atoms with Crippen LogP contribution in [0.25, 0.3) is 10.2 Å². The molecular formula is C18H18N2O3S. The number of benzene rings is 2. The van der Waals surface area contributed by atoms with Gasteiger partial charge in [-0.15, -0.1) is 0 Å². The lowest BCUT2D eigenvalue weighted by molar-refractivity contribution is -0.115. The Bertz CT molecular complexity index is 889. The first kappa shape index (κ1) is 16.3. The van der Waals surface area contributed by atoms with Crippen LogP contribution >= 0.6 is 11.3 Å². The molecule has 3 aromatic rings. The third-order valence-electron chi connectivity index (χ3n) is 3.63. The highest BCUT2D eigenvalue weighted by Gasteiger charge is 2.12. The molecule has 1 amide bonds. The number of hydrogen-bond acceptors (Lipinski definition) is 5. The summed E-state index contributed by atoms with van der Waals surface area (Å²) in [7, 11) is 3.17. The van der Waals surface area contributed by atoms with Gasteiger partial charge in [-0.1, -0.05) is 17.4 Å². The maximum absolute atomic E-state index is 12.4. The van der Waals surface area contributed by atoms with Crippen molar-refractivity contribution in [1.82, 2.24) is 4.98 Å². The molecule has 5 nitrogen and oxygen atoms in total. The molecule has 2 aromatic carbocycles. The van der Waals surface area contributed by atoms with E-state index in [1.165, 1.54) is 16.9 Å². The number of anilines is 1. The Morgan fingerprint density at radius 3 is 2.75 bits per heavy atom. The van der Waals surface area contributed by atoms with E-state index >= 15 is 0 Å². The second-order valence-electron chi connectivity index (χ2n) is 5.39. The summed E-state index contributed by atoms with van der Waals surface area (Å²) in [5.74, 6) is 1.21. The Balaban J connectivity index is 1.77. The minimum absolute atomic E-state index is 0.141. The summed E-state index contributed by atoms with van der Waals surface area (Å²) in [5, 5.41) is 3.46. The summed E-state index contributed by atoms with van der Waals surface area (Å²) in [6.45, 7) is 2.03. The van der Waals surface area contributed by atoms with Gasteiger partial charge in [0.15, 0.2) is 5.13 Å². The van der Waals surface area contributed by atoms with Crippen LogP contribution in [0.2, 0.25) is 0 Å². The maximum atomic E-state index is 12.4. The number of amides is 1. The lowest BCUT2D eigenvalue weighted by atomic mass is 10.1. The number of carbonyl (C=O) groups excluding carboxylic acids is 1. The second-order valence-corrected chi connectivity index (χ2v) is 6.42. The van der Waals surface area contributed by atoms with Crippen molar-refractivity contribution in [1.29, 1.82) is 0 Å². The Labute approximate surface area is 144 Å². The first-order valence-electron chi connectivity index (χ1n) is 7.47. The van der Waals surface area contributed by atoms with E-state index in [-0.39, 0.29) is 12.3 Å². The molecule has 0 bridgehead atoms. The zero-order chi connectivity index (χ0) is 17.1. The van der Waals surface area contributed by atoms with Crippen LogP contribution in [0.4, 0.5) is 5.13 Å². The minimum Gasteiger partial charge on any atom is -0.497 e. The fourth-order valence-electron chi connectivity index (χ4n) is 2.44. The van der Waals surface area contributed by atoms with Crippen molar-refractivity contribution in [2.75, 3.05) is 19.5 Å². The molecular weight excluding hydrogens is 324 g/mol. The molecule has 0 atom stereocenters. The monoisotopic (exact) mass is 342 g/mol. The molecule has 1 heterocycles. The Hall–Kier alpha value is -2.60. The quantitative estimate of drug-likeness (QED) is 0.766. The fourth-order valence-corrected chi connectivity index (χ4v) is 3.42. The van der Waals surface area contributed by atoms with E-state index in [9.17, 15) is 4.79 Å². The summed E-state index contributed by atoms with van der Waals surface area (Å²) in [6.07, 6.45) is 0.190. The van der Waals surface area contributed by atoms with Gasteiger partial charge in [0.2, 0.25) is 5.91 Å². The van der Waals surface area contributed by atoms with Crippen molar-refractivity contribution >= 4 is 32.6 Å². The number of fused-ring (bicyclic) bond motifs is 1. The molecule has 0 fully saturated rings. The van der Waals surface area contributed by atoms with Gasteiger partial charge in [0.05, 0.1) is 30.9 Å². The molecule has 0 saturated heterocycles. The van der Waals surface area contributed by atoms with E-state index in [0.717, 1.165) is 15.8 Å². The van der Waals surface area contributed by atoms with Crippen LogP contribution in [0.5, 0.6) is 11.5 Å². The summed E-state index contributed by atoms with van der Waals surface area (Å²) in [5.41, 5.74) is 2.83. The molecule has 0 spiro atoms. The van der Waals surface area contributed by atoms with E-state index in [0.29, 0.717) is 16.6 Å². The van der Waals surface area contributed by atoms with E-state index in [1.807, 2.05) is 19.1 Å². The number of aromatic nitrogens is 1. The molecule has 3 rings (SSSR count). The lowest BCUT2D eigenvalue weighted by Crippen LogP contribution is -2.14. The van der Waals surface area contributed by atoms with Gasteiger partial charge in [-0.2, -0.15) is 0 Å². The van der Waals surface area contributed by atoms with Gasteiger partial charge >= 0.3 is 0 Å². The van der Waals surface area contributed by atoms with Gasteiger partial charge in [-0.05, 0) is 42.8 Å². The van der Waals surface area contributed by atoms with Gasteiger partial charge < -0.3 is 14.8 Å². The van der Waals surface area contributed by atoms with Crippen molar-refractivity contribution in [3.63, 3.8) is 0 Å². The van der Waals surface area contributed by atoms with Gasteiger partial charge in [0.25, 0.3) is 0 Å². The molecule has 1 N–H and O–H groups in total. The molecule has 24 heavy (non-hydrogen) atoms. The van der Waals surface area contributed by atoms with Crippen molar-refractivity contribution in [2.45, 2.75) is 13.3 Å². The number of aryl methyl sites for hydroxylation is 1. The van der Waals surface area contributed by atoms with Crippen molar-refractivity contribution in [2.24, 2.45) is 0 Å². The molecule has 124 valence electrons. The maximum Gasteiger partial charge on any atom is 0.230 e. The van der Waals surface area contributed by atoms with Gasteiger partial charge in [-0.25, -0.2) is 4.98 Å². The van der Waals surface area contributed by atoms with Gasteiger partial charge in [0.1, 0.15) is 11.5 Å². The number of thiazole rings is 1. The summed E-state index contributed by atoms with van der Waals surface area (Å²) >= 11 is 1.47. The van der Waals surface area contributed by atoms with Crippen LogP contribution in [0.15, 0.2) is 36.4 Å². The van der Waals surface area contributed by atoms with Gasteiger partial charge in [0, 0.05) is 5.56 Å². The van der Waals surface area contributed by atoms with Crippen LogP contribution in [0, 0.1) is 6.92 Å². The first-order chi connectivity index (χ1) is 11.6. The van der Waals surface area contributed by atoms with E-state index < -0.39 is 0 Å². The predicted molar refractivity (Wildman–Crippen MR) is 96.2 cm³/mol. The molecule has 0 saturated carbocycles. The molecule has 0 aliphatic heterocycles. The third-order valence-corrected chi connectivity index (χ3v) is 4.56. The molecule has 1 aromatic heterocycles. The number of methoxy groups -OCH3 is 2. The standard InChI is InChI=1S/C18H18N2O3S/c1-11-4-6-14-16(8-11)24-18(19-14)20-17(21)10-12-9-13(22-2)5-7-15(12)23-3/h4-9H,10H2,1-3H3,(H,19,20,21). The topological polar surface area (TPSA) is 60.5 Å². The van der Waals surface area contributed by atoms with Gasteiger partial charge in [-0.3, -0.25) is 4.79 Å². The van der Waals surface area contributed by atoms with Crippen molar-refractivity contribution < 1.29 is 14.3 Å². The summed E-state index contributed by atoms with van der Waals surface area (Å²) in [4.78, 5) is 16.8. The van der Waals surface area contributed by atoms with Crippen LogP contribution < -0.4 is 14.8 Å². The van der Waals surface area contributed by atoms with Crippen molar-refractivity contribution in [3.05, 3.63) is 47.5 Å². The van der Waals surface area contributed by atoms with E-state index in [1.54, 1.807) is 32.4 Å². The normalized spacial score (nSPS) is 10.6. The van der Waals surface area contributed by atoms with Crippen molar-refractivity contribution in [3.8, 4) is 11.5 Å². The highest BCUT2D eigenvalue weighted by atomic mass is 32.1. The minimum atomic E-state index is -0.141. The average Bonchev–Trinajstić information content (AvgIpc) is 2.95. The largest absolute Gasteiger partial charge is 0.497 e. The van der Waals surface area contributed by atoms with Crippen LogP contribution in [-0.2, 0) is 11.2 Å².